The molecule has 0 spiro atoms. The number of anilines is 1. The van der Waals surface area contributed by atoms with E-state index in [1.807, 2.05) is 42.3 Å². The van der Waals surface area contributed by atoms with E-state index in [2.05, 4.69) is 0 Å². The molecule has 2 aromatic rings. The molecule has 4 rings (SSSR count). The number of nitrogens with zero attached hydrogens (tertiary/aromatic N) is 2. The van der Waals surface area contributed by atoms with Crippen molar-refractivity contribution in [2.45, 2.75) is 63.3 Å². The van der Waals surface area contributed by atoms with Gasteiger partial charge < -0.3 is 19.1 Å². The van der Waals surface area contributed by atoms with Gasteiger partial charge in [0.2, 0.25) is 0 Å². The Balaban J connectivity index is 1.39. The number of carbonyl (C=O) groups is 1. The quantitative estimate of drug-likeness (QED) is 0.493. The molecule has 1 aliphatic heterocycles. The predicted octanol–water partition coefficient (Wildman–Crippen LogP) is 5.88. The summed E-state index contributed by atoms with van der Waals surface area (Å²) in [6, 6.07) is 12.6. The third-order valence-electron chi connectivity index (χ3n) is 7.50. The average molecular weight is 485 g/mol. The van der Waals surface area contributed by atoms with E-state index in [4.69, 9.17) is 14.2 Å². The van der Waals surface area contributed by atoms with Crippen LogP contribution in [0.4, 0.5) is 14.9 Å². The van der Waals surface area contributed by atoms with Crippen LogP contribution < -0.4 is 9.64 Å². The van der Waals surface area contributed by atoms with Crippen LogP contribution in [0.5, 0.6) is 5.75 Å². The molecule has 2 fully saturated rings. The highest BCUT2D eigenvalue weighted by atomic mass is 19.1. The van der Waals surface area contributed by atoms with Gasteiger partial charge in [-0.15, -0.1) is 0 Å². The Kier molecular flexibility index (Phi) is 8.29. The first-order valence-electron chi connectivity index (χ1n) is 12.6. The second-order valence-electron chi connectivity index (χ2n) is 9.65. The lowest BCUT2D eigenvalue weighted by molar-refractivity contribution is -0.0764. The summed E-state index contributed by atoms with van der Waals surface area (Å²) >= 11 is 0. The number of rotatable bonds is 7. The predicted molar refractivity (Wildman–Crippen MR) is 134 cm³/mol. The molecule has 2 amide bonds. The maximum absolute atomic E-state index is 14.5. The molecule has 1 heterocycles. The Bertz CT molecular complexity index is 983. The van der Waals surface area contributed by atoms with Gasteiger partial charge in [-0.1, -0.05) is 12.1 Å². The number of hydrogen-bond acceptors (Lipinski definition) is 4. The Morgan fingerprint density at radius 1 is 1.06 bits per heavy atom. The summed E-state index contributed by atoms with van der Waals surface area (Å²) in [5, 5.41) is 0. The van der Waals surface area contributed by atoms with Crippen molar-refractivity contribution in [3.8, 4) is 5.75 Å². The molecule has 2 aliphatic rings. The number of ether oxygens (including phenoxy) is 3. The Morgan fingerprint density at radius 2 is 1.74 bits per heavy atom. The van der Waals surface area contributed by atoms with Crippen LogP contribution in [0.15, 0.2) is 42.5 Å². The molecule has 0 bridgehead atoms. The zero-order valence-electron chi connectivity index (χ0n) is 21.1. The molecule has 1 saturated carbocycles. The number of likely N-dealkylation sites (tertiary alicyclic amines) is 1. The number of methoxy groups -OCH3 is 2. The zero-order chi connectivity index (χ0) is 24.8. The molecular weight excluding hydrogens is 447 g/mol. The lowest BCUT2D eigenvalue weighted by Gasteiger charge is -2.39. The molecule has 6 nitrogen and oxygen atoms in total. The van der Waals surface area contributed by atoms with Gasteiger partial charge in [-0.2, -0.15) is 0 Å². The highest BCUT2D eigenvalue weighted by Gasteiger charge is 2.37. The molecule has 0 unspecified atom stereocenters. The monoisotopic (exact) mass is 484 g/mol. The first kappa shape index (κ1) is 25.5. The summed E-state index contributed by atoms with van der Waals surface area (Å²) in [7, 11) is 5.23. The zero-order valence-corrected chi connectivity index (χ0v) is 21.1. The molecule has 0 aromatic heterocycles. The van der Waals surface area contributed by atoms with E-state index in [9.17, 15) is 9.18 Å². The van der Waals surface area contributed by atoms with Gasteiger partial charge in [0.25, 0.3) is 0 Å². The summed E-state index contributed by atoms with van der Waals surface area (Å²) in [5.74, 6) is 0.141. The van der Waals surface area contributed by atoms with Crippen LogP contribution in [-0.2, 0) is 21.7 Å². The van der Waals surface area contributed by atoms with Crippen LogP contribution >= 0.6 is 0 Å². The number of carbonyl (C=O) groups excluding carboxylic acids is 1. The minimum atomic E-state index is -0.525. The third kappa shape index (κ3) is 5.96. The largest absolute Gasteiger partial charge is 0.489 e. The van der Waals surface area contributed by atoms with Crippen molar-refractivity contribution in [2.24, 2.45) is 0 Å². The van der Waals surface area contributed by atoms with Gasteiger partial charge in [0.05, 0.1) is 11.7 Å². The van der Waals surface area contributed by atoms with E-state index in [0.717, 1.165) is 68.4 Å². The second kappa shape index (κ2) is 11.4. The molecule has 2 aromatic carbocycles. The van der Waals surface area contributed by atoms with Crippen LogP contribution in [0, 0.1) is 5.82 Å². The van der Waals surface area contributed by atoms with Gasteiger partial charge in [-0.25, -0.2) is 9.18 Å². The van der Waals surface area contributed by atoms with Gasteiger partial charge in [-0.3, -0.25) is 4.90 Å². The van der Waals surface area contributed by atoms with Gasteiger partial charge in [0.1, 0.15) is 18.2 Å². The highest BCUT2D eigenvalue weighted by Crippen LogP contribution is 2.42. The summed E-state index contributed by atoms with van der Waals surface area (Å²) in [4.78, 5) is 16.4. The fourth-order valence-corrected chi connectivity index (χ4v) is 5.20. The molecular formula is C28H37FN2O4. The van der Waals surface area contributed by atoms with Crippen molar-refractivity contribution in [3.05, 3.63) is 59.4 Å². The number of benzene rings is 2. The van der Waals surface area contributed by atoms with Crippen molar-refractivity contribution in [1.82, 2.24) is 4.90 Å². The fourth-order valence-electron chi connectivity index (χ4n) is 5.20. The van der Waals surface area contributed by atoms with E-state index < -0.39 is 5.60 Å². The molecule has 0 radical (unpaired) electrons. The van der Waals surface area contributed by atoms with Crippen molar-refractivity contribution in [1.29, 1.82) is 0 Å². The van der Waals surface area contributed by atoms with Gasteiger partial charge in [0.15, 0.2) is 0 Å². The number of urea groups is 1. The van der Waals surface area contributed by atoms with E-state index >= 15 is 0 Å². The minimum Gasteiger partial charge on any atom is -0.489 e. The first-order valence-corrected chi connectivity index (χ1v) is 12.6. The summed E-state index contributed by atoms with van der Waals surface area (Å²) in [6.45, 7) is 1.95. The van der Waals surface area contributed by atoms with Crippen molar-refractivity contribution < 1.29 is 23.4 Å². The standard InChI is InChI=1S/C28H37FN2O4/c1-30(27(32)31-15-5-4-6-16-31)24-9-7-21(8-10-24)20-35-26-18-22(17-23(29)19-26)28(34-3)13-11-25(33-2)12-14-28/h7-10,17-19,25H,4-6,11-16,20H2,1-3H3. The molecule has 0 N–H and O–H groups in total. The number of piperidine rings is 1. The SMILES string of the molecule is COC1CCC(OC)(c2cc(F)cc(OCc3ccc(N(C)C(=O)N4CCCCC4)cc3)c2)CC1. The molecule has 190 valence electrons. The maximum Gasteiger partial charge on any atom is 0.324 e. The molecule has 1 saturated heterocycles. The second-order valence-corrected chi connectivity index (χ2v) is 9.65. The first-order chi connectivity index (χ1) is 16.9. The van der Waals surface area contributed by atoms with E-state index in [0.29, 0.717) is 12.4 Å². The number of hydrogen-bond donors (Lipinski definition) is 0. The maximum atomic E-state index is 14.5. The lowest BCUT2D eigenvalue weighted by atomic mass is 9.78. The highest BCUT2D eigenvalue weighted by molar-refractivity contribution is 5.91. The van der Waals surface area contributed by atoms with Crippen LogP contribution in [0.3, 0.4) is 0 Å². The Hall–Kier alpha value is -2.64. The molecule has 0 atom stereocenters. The number of amides is 2. The van der Waals surface area contributed by atoms with Crippen LogP contribution in [0.25, 0.3) is 0 Å². The molecule has 7 heteroatoms. The Morgan fingerprint density at radius 3 is 2.37 bits per heavy atom. The van der Waals surface area contributed by atoms with Crippen LogP contribution in [0.1, 0.15) is 56.1 Å². The van der Waals surface area contributed by atoms with E-state index in [-0.39, 0.29) is 18.0 Å². The lowest BCUT2D eigenvalue weighted by Crippen LogP contribution is -2.43. The van der Waals surface area contributed by atoms with Crippen molar-refractivity contribution in [2.75, 3.05) is 39.3 Å². The Labute approximate surface area is 208 Å². The van der Waals surface area contributed by atoms with Crippen molar-refractivity contribution >= 4 is 11.7 Å². The van der Waals surface area contributed by atoms with Crippen LogP contribution in [-0.4, -0.2) is 51.4 Å². The fraction of sp³-hybridized carbons (Fsp3) is 0.536. The molecule has 35 heavy (non-hydrogen) atoms. The van der Waals surface area contributed by atoms with Crippen molar-refractivity contribution in [3.63, 3.8) is 0 Å². The van der Waals surface area contributed by atoms with Gasteiger partial charge in [-0.05, 0) is 80.3 Å². The van der Waals surface area contributed by atoms with E-state index in [1.165, 1.54) is 12.5 Å². The average Bonchev–Trinajstić information content (AvgIpc) is 2.91. The normalized spacial score (nSPS) is 22.6. The number of halogens is 1. The smallest absolute Gasteiger partial charge is 0.324 e. The summed E-state index contributed by atoms with van der Waals surface area (Å²) in [5.41, 5.74) is 2.06. The van der Waals surface area contributed by atoms with E-state index in [1.54, 1.807) is 25.2 Å². The third-order valence-corrected chi connectivity index (χ3v) is 7.50. The summed E-state index contributed by atoms with van der Waals surface area (Å²) in [6.07, 6.45) is 6.84. The van der Waals surface area contributed by atoms with Crippen LogP contribution in [0.2, 0.25) is 0 Å². The van der Waals surface area contributed by atoms with Gasteiger partial charge >= 0.3 is 6.03 Å². The summed E-state index contributed by atoms with van der Waals surface area (Å²) < 4.78 is 31.9. The minimum absolute atomic E-state index is 0.0348. The van der Waals surface area contributed by atoms with Gasteiger partial charge in [0, 0.05) is 46.1 Å². The molecule has 1 aliphatic carbocycles. The topological polar surface area (TPSA) is 51.2 Å².